The highest BCUT2D eigenvalue weighted by atomic mass is 32.1. The Kier molecular flexibility index (Phi) is 3.18. The van der Waals surface area contributed by atoms with Crippen molar-refractivity contribution in [2.24, 2.45) is 0 Å². The number of nitrogens with one attached hydrogen (secondary N) is 1. The Bertz CT molecular complexity index is 555. The Morgan fingerprint density at radius 1 is 1.28 bits per heavy atom. The van der Waals surface area contributed by atoms with Crippen LogP contribution in [0.5, 0.6) is 0 Å². The molecule has 0 aliphatic heterocycles. The second-order valence-corrected chi connectivity index (χ2v) is 6.08. The number of aryl methyl sites for hydroxylation is 2. The molecule has 1 aromatic heterocycles. The zero-order chi connectivity index (χ0) is 12.5. The molecular weight excluding hydrogens is 240 g/mol. The quantitative estimate of drug-likeness (QED) is 0.905. The summed E-state index contributed by atoms with van der Waals surface area (Å²) < 4.78 is 0. The van der Waals surface area contributed by atoms with E-state index in [0.29, 0.717) is 0 Å². The van der Waals surface area contributed by atoms with Gasteiger partial charge in [0.1, 0.15) is 5.01 Å². The molecular formula is C15H18N2S. The van der Waals surface area contributed by atoms with E-state index in [4.69, 9.17) is 4.98 Å². The predicted molar refractivity (Wildman–Crippen MR) is 76.9 cm³/mol. The summed E-state index contributed by atoms with van der Waals surface area (Å²) in [7, 11) is 0. The van der Waals surface area contributed by atoms with Crippen LogP contribution in [-0.2, 0) is 6.54 Å². The molecule has 0 atom stereocenters. The third-order valence-electron chi connectivity index (χ3n) is 3.40. The average molecular weight is 258 g/mol. The van der Waals surface area contributed by atoms with E-state index < -0.39 is 0 Å². The first-order valence-corrected chi connectivity index (χ1v) is 7.31. The van der Waals surface area contributed by atoms with Crippen LogP contribution in [-0.4, -0.2) is 11.0 Å². The third-order valence-corrected chi connectivity index (χ3v) is 4.59. The van der Waals surface area contributed by atoms with Gasteiger partial charge in [0.05, 0.1) is 5.69 Å². The molecule has 2 nitrogen and oxygen atoms in total. The van der Waals surface area contributed by atoms with Crippen molar-refractivity contribution in [3.63, 3.8) is 0 Å². The Balaban J connectivity index is 1.84. The second kappa shape index (κ2) is 4.82. The first-order chi connectivity index (χ1) is 8.74. The largest absolute Gasteiger partial charge is 0.309 e. The lowest BCUT2D eigenvalue weighted by Gasteiger charge is -2.00. The number of aromatic nitrogens is 1. The topological polar surface area (TPSA) is 24.9 Å². The van der Waals surface area contributed by atoms with E-state index in [1.165, 1.54) is 34.5 Å². The van der Waals surface area contributed by atoms with Crippen molar-refractivity contribution in [2.45, 2.75) is 39.3 Å². The Morgan fingerprint density at radius 3 is 2.78 bits per heavy atom. The van der Waals surface area contributed by atoms with Crippen molar-refractivity contribution in [3.05, 3.63) is 40.4 Å². The van der Waals surface area contributed by atoms with Gasteiger partial charge in [-0.05, 0) is 32.3 Å². The summed E-state index contributed by atoms with van der Waals surface area (Å²) in [6.45, 7) is 5.23. The van der Waals surface area contributed by atoms with Crippen molar-refractivity contribution < 1.29 is 0 Å². The number of nitrogens with zero attached hydrogens (tertiary/aromatic N) is 1. The SMILES string of the molecule is Cc1ccccc1-c1nc(C)c(CNC2CC2)s1. The lowest BCUT2D eigenvalue weighted by Crippen LogP contribution is -2.14. The van der Waals surface area contributed by atoms with Crippen molar-refractivity contribution >= 4 is 11.3 Å². The van der Waals surface area contributed by atoms with Crippen LogP contribution in [0.1, 0.15) is 29.0 Å². The molecule has 0 amide bonds. The molecule has 1 heterocycles. The minimum Gasteiger partial charge on any atom is -0.309 e. The van der Waals surface area contributed by atoms with Crippen molar-refractivity contribution in [1.29, 1.82) is 0 Å². The summed E-state index contributed by atoms with van der Waals surface area (Å²) in [5.41, 5.74) is 3.74. The smallest absolute Gasteiger partial charge is 0.124 e. The van der Waals surface area contributed by atoms with Crippen molar-refractivity contribution in [1.82, 2.24) is 10.3 Å². The summed E-state index contributed by atoms with van der Waals surface area (Å²) in [5.74, 6) is 0. The van der Waals surface area contributed by atoms with Crippen molar-refractivity contribution in [2.75, 3.05) is 0 Å². The van der Waals surface area contributed by atoms with Gasteiger partial charge in [0.2, 0.25) is 0 Å². The molecule has 0 spiro atoms. The molecule has 1 aromatic carbocycles. The van der Waals surface area contributed by atoms with Gasteiger partial charge >= 0.3 is 0 Å². The number of rotatable bonds is 4. The molecule has 1 fully saturated rings. The molecule has 1 aliphatic rings. The molecule has 1 saturated carbocycles. The Morgan fingerprint density at radius 2 is 2.06 bits per heavy atom. The third kappa shape index (κ3) is 2.47. The monoisotopic (exact) mass is 258 g/mol. The molecule has 1 N–H and O–H groups in total. The van der Waals surface area contributed by atoms with Gasteiger partial charge in [-0.1, -0.05) is 24.3 Å². The lowest BCUT2D eigenvalue weighted by molar-refractivity contribution is 0.691. The molecule has 18 heavy (non-hydrogen) atoms. The van der Waals surface area contributed by atoms with E-state index in [1.807, 2.05) is 11.3 Å². The molecule has 0 radical (unpaired) electrons. The fraction of sp³-hybridized carbons (Fsp3) is 0.400. The minimum absolute atomic E-state index is 0.758. The summed E-state index contributed by atoms with van der Waals surface area (Å²) in [6.07, 6.45) is 2.67. The normalized spacial score (nSPS) is 15.0. The van der Waals surface area contributed by atoms with Crippen LogP contribution >= 0.6 is 11.3 Å². The van der Waals surface area contributed by atoms with Gasteiger partial charge in [-0.3, -0.25) is 0 Å². The fourth-order valence-corrected chi connectivity index (χ4v) is 3.15. The van der Waals surface area contributed by atoms with E-state index in [2.05, 4.69) is 43.4 Å². The van der Waals surface area contributed by atoms with Crippen LogP contribution in [0.2, 0.25) is 0 Å². The number of hydrogen-bond acceptors (Lipinski definition) is 3. The first-order valence-electron chi connectivity index (χ1n) is 6.50. The Labute approximate surface area is 112 Å². The van der Waals surface area contributed by atoms with Crippen LogP contribution in [0, 0.1) is 13.8 Å². The molecule has 0 bridgehead atoms. The van der Waals surface area contributed by atoms with Crippen LogP contribution in [0.4, 0.5) is 0 Å². The van der Waals surface area contributed by atoms with Crippen molar-refractivity contribution in [3.8, 4) is 10.6 Å². The molecule has 0 saturated heterocycles. The van der Waals surface area contributed by atoms with Gasteiger partial charge < -0.3 is 5.32 Å². The van der Waals surface area contributed by atoms with Gasteiger partial charge in [0, 0.05) is 23.0 Å². The van der Waals surface area contributed by atoms with Gasteiger partial charge in [-0.2, -0.15) is 0 Å². The highest BCUT2D eigenvalue weighted by molar-refractivity contribution is 7.15. The van der Waals surface area contributed by atoms with Crippen LogP contribution < -0.4 is 5.32 Å². The maximum Gasteiger partial charge on any atom is 0.124 e. The van der Waals surface area contributed by atoms with Gasteiger partial charge in [0.15, 0.2) is 0 Å². The maximum absolute atomic E-state index is 4.72. The van der Waals surface area contributed by atoms with Crippen LogP contribution in [0.15, 0.2) is 24.3 Å². The first kappa shape index (κ1) is 11.9. The van der Waals surface area contributed by atoms with E-state index in [0.717, 1.165) is 17.6 Å². The molecule has 0 unspecified atom stereocenters. The van der Waals surface area contributed by atoms with Gasteiger partial charge in [-0.25, -0.2) is 4.98 Å². The minimum atomic E-state index is 0.758. The van der Waals surface area contributed by atoms with E-state index in [9.17, 15) is 0 Å². The summed E-state index contributed by atoms with van der Waals surface area (Å²) in [6, 6.07) is 9.23. The average Bonchev–Trinajstić information content (AvgIpc) is 3.11. The van der Waals surface area contributed by atoms with Gasteiger partial charge in [0.25, 0.3) is 0 Å². The zero-order valence-electron chi connectivity index (χ0n) is 10.9. The second-order valence-electron chi connectivity index (χ2n) is 5.00. The summed E-state index contributed by atoms with van der Waals surface area (Å²) in [5, 5.41) is 4.71. The van der Waals surface area contributed by atoms with Crippen LogP contribution in [0.25, 0.3) is 10.6 Å². The summed E-state index contributed by atoms with van der Waals surface area (Å²) in [4.78, 5) is 6.09. The molecule has 3 heteroatoms. The number of hydrogen-bond donors (Lipinski definition) is 1. The molecule has 1 aliphatic carbocycles. The highest BCUT2D eigenvalue weighted by Crippen LogP contribution is 2.30. The molecule has 94 valence electrons. The number of thiazole rings is 1. The van der Waals surface area contributed by atoms with Gasteiger partial charge in [-0.15, -0.1) is 11.3 Å². The molecule has 2 aromatic rings. The predicted octanol–water partition coefficient (Wildman–Crippen LogP) is 3.68. The Hall–Kier alpha value is -1.19. The number of benzene rings is 1. The van der Waals surface area contributed by atoms with E-state index in [-0.39, 0.29) is 0 Å². The summed E-state index contributed by atoms with van der Waals surface area (Å²) >= 11 is 1.82. The molecule has 3 rings (SSSR count). The van der Waals surface area contributed by atoms with E-state index >= 15 is 0 Å². The van der Waals surface area contributed by atoms with Crippen LogP contribution in [0.3, 0.4) is 0 Å². The van der Waals surface area contributed by atoms with E-state index in [1.54, 1.807) is 0 Å². The zero-order valence-corrected chi connectivity index (χ0v) is 11.7. The fourth-order valence-electron chi connectivity index (χ4n) is 2.04. The maximum atomic E-state index is 4.72. The standard InChI is InChI=1S/C15H18N2S/c1-10-5-3-4-6-13(10)15-17-11(2)14(18-15)9-16-12-7-8-12/h3-6,12,16H,7-9H2,1-2H3. The highest BCUT2D eigenvalue weighted by Gasteiger charge is 2.21. The lowest BCUT2D eigenvalue weighted by atomic mass is 10.1.